The van der Waals surface area contributed by atoms with Crippen molar-refractivity contribution in [3.05, 3.63) is 89.9 Å². The van der Waals surface area contributed by atoms with Crippen LogP contribution in [0.1, 0.15) is 42.6 Å². The van der Waals surface area contributed by atoms with Crippen molar-refractivity contribution in [2.24, 2.45) is 5.92 Å². The fourth-order valence-corrected chi connectivity index (χ4v) is 6.48. The van der Waals surface area contributed by atoms with Gasteiger partial charge in [0.05, 0.1) is 36.0 Å². The summed E-state index contributed by atoms with van der Waals surface area (Å²) in [6, 6.07) is 10.9. The zero-order chi connectivity index (χ0) is 33.3. The molecule has 48 heavy (non-hydrogen) atoms. The fourth-order valence-electron chi connectivity index (χ4n) is 6.48. The Morgan fingerprint density at radius 3 is 2.52 bits per heavy atom. The van der Waals surface area contributed by atoms with Crippen molar-refractivity contribution >= 4 is 17.6 Å². The van der Waals surface area contributed by atoms with E-state index in [1.165, 1.54) is 55.7 Å². The lowest BCUT2D eigenvalue weighted by molar-refractivity contribution is -0.138. The van der Waals surface area contributed by atoms with Gasteiger partial charge in [0, 0.05) is 50.0 Å². The van der Waals surface area contributed by atoms with E-state index in [1.54, 1.807) is 17.0 Å². The molecule has 4 heterocycles. The molecule has 2 saturated heterocycles. The van der Waals surface area contributed by atoms with E-state index in [4.69, 9.17) is 9.47 Å². The molecule has 3 aliphatic rings. The number of hydrogen-bond donors (Lipinski definition) is 0. The lowest BCUT2D eigenvalue weighted by atomic mass is 9.88. The first-order valence-corrected chi connectivity index (χ1v) is 15.9. The van der Waals surface area contributed by atoms with Crippen LogP contribution in [-0.4, -0.2) is 70.0 Å². The summed E-state index contributed by atoms with van der Waals surface area (Å²) < 4.78 is 88.0. The SMILES string of the molecule is F/C(=C\c1ccc(Oc2ccccc2F)c(C(F)(F)F)c1N1CCOC2(CCN(CC3CC3)CC2)C1)c1nccc(-c2ccnnc2)n1. The second-order valence-electron chi connectivity index (χ2n) is 12.5. The number of rotatable bonds is 8. The molecule has 0 radical (unpaired) electrons. The Morgan fingerprint density at radius 1 is 0.979 bits per heavy atom. The zero-order valence-corrected chi connectivity index (χ0v) is 26.0. The zero-order valence-electron chi connectivity index (χ0n) is 26.0. The number of ether oxygens (including phenoxy) is 2. The summed E-state index contributed by atoms with van der Waals surface area (Å²) >= 11 is 0. The molecule has 1 aliphatic carbocycles. The van der Waals surface area contributed by atoms with E-state index < -0.39 is 34.7 Å². The van der Waals surface area contributed by atoms with Crippen molar-refractivity contribution in [1.82, 2.24) is 25.1 Å². The van der Waals surface area contributed by atoms with E-state index in [9.17, 15) is 4.39 Å². The van der Waals surface area contributed by atoms with Crippen LogP contribution in [0.15, 0.2) is 67.1 Å². The van der Waals surface area contributed by atoms with Crippen molar-refractivity contribution in [2.75, 3.05) is 44.2 Å². The number of para-hydroxylation sites is 1. The van der Waals surface area contributed by atoms with Crippen LogP contribution in [0.4, 0.5) is 27.6 Å². The van der Waals surface area contributed by atoms with Crippen molar-refractivity contribution in [2.45, 2.75) is 37.5 Å². The molecule has 7 rings (SSSR count). The molecule has 2 aromatic carbocycles. The quantitative estimate of drug-likeness (QED) is 0.180. The van der Waals surface area contributed by atoms with Crippen LogP contribution in [0, 0.1) is 11.7 Å². The van der Waals surface area contributed by atoms with Gasteiger partial charge < -0.3 is 19.3 Å². The smallest absolute Gasteiger partial charge is 0.422 e. The van der Waals surface area contributed by atoms with E-state index in [0.717, 1.165) is 43.8 Å². The van der Waals surface area contributed by atoms with E-state index in [1.807, 2.05) is 0 Å². The molecule has 0 N–H and O–H groups in total. The highest BCUT2D eigenvalue weighted by Gasteiger charge is 2.45. The molecule has 1 saturated carbocycles. The average Bonchev–Trinajstić information content (AvgIpc) is 3.91. The Morgan fingerprint density at radius 2 is 1.79 bits per heavy atom. The largest absolute Gasteiger partial charge is 0.454 e. The second-order valence-corrected chi connectivity index (χ2v) is 12.5. The summed E-state index contributed by atoms with van der Waals surface area (Å²) in [5.74, 6) is -2.29. The Labute approximate surface area is 274 Å². The molecule has 0 bridgehead atoms. The van der Waals surface area contributed by atoms with E-state index in [-0.39, 0.29) is 42.5 Å². The number of anilines is 1. The van der Waals surface area contributed by atoms with Gasteiger partial charge in [-0.3, -0.25) is 0 Å². The van der Waals surface area contributed by atoms with Crippen LogP contribution in [0.25, 0.3) is 23.2 Å². The van der Waals surface area contributed by atoms with Gasteiger partial charge in [0.15, 0.2) is 23.2 Å². The van der Waals surface area contributed by atoms with Crippen molar-refractivity contribution in [3.63, 3.8) is 0 Å². The highest BCUT2D eigenvalue weighted by Crippen LogP contribution is 2.48. The van der Waals surface area contributed by atoms with Crippen LogP contribution in [0.3, 0.4) is 0 Å². The highest BCUT2D eigenvalue weighted by atomic mass is 19.4. The number of likely N-dealkylation sites (tertiary alicyclic amines) is 1. The van der Waals surface area contributed by atoms with Gasteiger partial charge in [-0.05, 0) is 74.1 Å². The molecule has 4 aromatic rings. The van der Waals surface area contributed by atoms with E-state index in [0.29, 0.717) is 24.1 Å². The topological polar surface area (TPSA) is 76.5 Å². The van der Waals surface area contributed by atoms with E-state index in [2.05, 4.69) is 25.1 Å². The van der Waals surface area contributed by atoms with Crippen LogP contribution in [0.2, 0.25) is 0 Å². The number of alkyl halides is 3. The van der Waals surface area contributed by atoms with Gasteiger partial charge in [-0.15, -0.1) is 0 Å². The van der Waals surface area contributed by atoms with Crippen molar-refractivity contribution < 1.29 is 31.4 Å². The monoisotopic (exact) mass is 664 g/mol. The Balaban J connectivity index is 1.29. The predicted octanol–water partition coefficient (Wildman–Crippen LogP) is 7.43. The summed E-state index contributed by atoms with van der Waals surface area (Å²) in [6.07, 6.45) is 4.13. The van der Waals surface area contributed by atoms with Crippen LogP contribution < -0.4 is 9.64 Å². The first-order chi connectivity index (χ1) is 23.2. The first kappa shape index (κ1) is 32.1. The molecule has 2 aliphatic heterocycles. The van der Waals surface area contributed by atoms with Gasteiger partial charge >= 0.3 is 6.18 Å². The number of morpholine rings is 1. The standard InChI is InChI=1S/C35H33F5N6O2/c36-26-3-1-2-4-29(26)48-30-8-7-24(19-27(37)33-41-13-10-28(44-33)25-9-14-42-43-20-25)32(31(30)35(38,39)40)46-17-18-47-34(22-46)11-15-45(16-12-34)21-23-5-6-23/h1-4,7-10,13-14,19-20,23H,5-6,11-12,15-18,21-22H2/b27-19-. The maximum absolute atomic E-state index is 16.0. The molecule has 250 valence electrons. The molecule has 0 atom stereocenters. The Bertz CT molecular complexity index is 1790. The summed E-state index contributed by atoms with van der Waals surface area (Å²) in [5.41, 5.74) is -1.19. The third kappa shape index (κ3) is 7.02. The van der Waals surface area contributed by atoms with Gasteiger partial charge in [0.1, 0.15) is 11.3 Å². The summed E-state index contributed by atoms with van der Waals surface area (Å²) in [5, 5.41) is 7.56. The summed E-state index contributed by atoms with van der Waals surface area (Å²) in [4.78, 5) is 12.3. The van der Waals surface area contributed by atoms with Gasteiger partial charge in [0.2, 0.25) is 0 Å². The molecular weight excluding hydrogens is 631 g/mol. The predicted molar refractivity (Wildman–Crippen MR) is 169 cm³/mol. The van der Waals surface area contributed by atoms with Crippen LogP contribution in [-0.2, 0) is 10.9 Å². The number of halogens is 5. The molecule has 2 aromatic heterocycles. The molecule has 1 spiro atoms. The number of nitrogens with zero attached hydrogens (tertiary/aromatic N) is 6. The van der Waals surface area contributed by atoms with Gasteiger partial charge in [0.25, 0.3) is 0 Å². The number of aromatic nitrogens is 4. The Kier molecular flexibility index (Phi) is 8.82. The molecule has 13 heteroatoms. The number of piperidine rings is 1. The molecule has 8 nitrogen and oxygen atoms in total. The summed E-state index contributed by atoms with van der Waals surface area (Å²) in [7, 11) is 0. The highest BCUT2D eigenvalue weighted by molar-refractivity contribution is 5.83. The number of benzene rings is 2. The summed E-state index contributed by atoms with van der Waals surface area (Å²) in [6.45, 7) is 3.09. The Hall–Kier alpha value is -4.49. The lowest BCUT2D eigenvalue weighted by Gasteiger charge is -2.48. The van der Waals surface area contributed by atoms with Gasteiger partial charge in [-0.25, -0.2) is 18.7 Å². The molecule has 0 amide bonds. The van der Waals surface area contributed by atoms with Gasteiger partial charge in [-0.2, -0.15) is 23.4 Å². The van der Waals surface area contributed by atoms with Crippen molar-refractivity contribution in [3.8, 4) is 22.8 Å². The first-order valence-electron chi connectivity index (χ1n) is 15.9. The third-order valence-electron chi connectivity index (χ3n) is 9.09. The maximum atomic E-state index is 16.0. The maximum Gasteiger partial charge on any atom is 0.422 e. The number of hydrogen-bond acceptors (Lipinski definition) is 8. The van der Waals surface area contributed by atoms with E-state index >= 15 is 17.6 Å². The normalized spacial score (nSPS) is 18.7. The molecule has 3 fully saturated rings. The average molecular weight is 665 g/mol. The fraction of sp³-hybridized carbons (Fsp3) is 0.371. The van der Waals surface area contributed by atoms with Gasteiger partial charge in [-0.1, -0.05) is 12.1 Å². The van der Waals surface area contributed by atoms with Crippen LogP contribution in [0.5, 0.6) is 11.5 Å². The minimum atomic E-state index is -4.94. The lowest BCUT2D eigenvalue weighted by Crippen LogP contribution is -2.57. The van der Waals surface area contributed by atoms with Crippen molar-refractivity contribution in [1.29, 1.82) is 0 Å². The second kappa shape index (κ2) is 13.2. The van der Waals surface area contributed by atoms with Crippen LogP contribution >= 0.6 is 0 Å². The third-order valence-corrected chi connectivity index (χ3v) is 9.09. The molecule has 0 unspecified atom stereocenters. The molecular formula is C35H33F5N6O2. The minimum absolute atomic E-state index is 0.0523. The minimum Gasteiger partial charge on any atom is -0.454 e.